The van der Waals surface area contributed by atoms with Crippen LogP contribution in [-0.4, -0.2) is 35.3 Å². The molecule has 6 nitrogen and oxygen atoms in total. The lowest BCUT2D eigenvalue weighted by atomic mass is 10.2. The van der Waals surface area contributed by atoms with Gasteiger partial charge in [0.2, 0.25) is 0 Å². The third kappa shape index (κ3) is 2.35. The molecule has 0 saturated heterocycles. The number of rotatable bonds is 3. The van der Waals surface area contributed by atoms with Crippen molar-refractivity contribution in [1.82, 2.24) is 9.97 Å². The van der Waals surface area contributed by atoms with E-state index in [0.717, 1.165) is 11.1 Å². The number of nitrogens with one attached hydrogen (secondary N) is 1. The summed E-state index contributed by atoms with van der Waals surface area (Å²) in [5, 5.41) is 9.52. The number of carbonyl (C=O) groups excluding carboxylic acids is 1. The number of phenols is 1. The Morgan fingerprint density at radius 2 is 2.00 bits per heavy atom. The fourth-order valence-corrected chi connectivity index (χ4v) is 2.25. The Labute approximate surface area is 126 Å². The van der Waals surface area contributed by atoms with Crippen LogP contribution in [0.25, 0.3) is 22.4 Å². The number of esters is 1. The maximum Gasteiger partial charge on any atom is 0.337 e. The zero-order valence-electron chi connectivity index (χ0n) is 12.1. The number of fused-ring (bicyclic) bond motifs is 1. The fourth-order valence-electron chi connectivity index (χ4n) is 2.25. The number of H-pyrrole nitrogens is 1. The second-order valence-corrected chi connectivity index (χ2v) is 4.69. The van der Waals surface area contributed by atoms with Crippen LogP contribution in [0.2, 0.25) is 0 Å². The first-order valence-corrected chi connectivity index (χ1v) is 6.58. The molecule has 1 heterocycles. The van der Waals surface area contributed by atoms with Gasteiger partial charge in [-0.25, -0.2) is 9.78 Å². The van der Waals surface area contributed by atoms with Gasteiger partial charge in [-0.2, -0.15) is 0 Å². The van der Waals surface area contributed by atoms with Gasteiger partial charge >= 0.3 is 5.97 Å². The lowest BCUT2D eigenvalue weighted by Gasteiger charge is -2.06. The van der Waals surface area contributed by atoms with Crippen LogP contribution in [0.15, 0.2) is 36.4 Å². The average Bonchev–Trinajstić information content (AvgIpc) is 2.96. The van der Waals surface area contributed by atoms with Crippen LogP contribution in [0.5, 0.6) is 11.5 Å². The maximum atomic E-state index is 11.6. The van der Waals surface area contributed by atoms with Crippen molar-refractivity contribution in [3.8, 4) is 22.9 Å². The molecule has 1 aromatic heterocycles. The number of imidazole rings is 1. The van der Waals surface area contributed by atoms with Crippen LogP contribution in [0.3, 0.4) is 0 Å². The molecule has 112 valence electrons. The zero-order valence-corrected chi connectivity index (χ0v) is 12.1. The molecule has 0 saturated carbocycles. The van der Waals surface area contributed by atoms with E-state index in [4.69, 9.17) is 9.47 Å². The van der Waals surface area contributed by atoms with E-state index in [1.165, 1.54) is 20.3 Å². The van der Waals surface area contributed by atoms with Gasteiger partial charge in [-0.15, -0.1) is 0 Å². The van der Waals surface area contributed by atoms with Gasteiger partial charge in [0.05, 0.1) is 36.4 Å². The molecular formula is C16H14N2O4. The maximum absolute atomic E-state index is 11.6. The van der Waals surface area contributed by atoms with Crippen molar-refractivity contribution in [2.24, 2.45) is 0 Å². The molecule has 6 heteroatoms. The molecule has 0 aliphatic heterocycles. The standard InChI is InChI=1S/C16H14N2O4/c1-21-14-8-10(19)4-5-11(14)15-17-12-6-3-9(16(20)22-2)7-13(12)18-15/h3-8,19H,1-2H3,(H,17,18). The van der Waals surface area contributed by atoms with Gasteiger partial charge in [0.25, 0.3) is 0 Å². The molecule has 0 atom stereocenters. The van der Waals surface area contributed by atoms with Gasteiger partial charge < -0.3 is 19.6 Å². The van der Waals surface area contributed by atoms with Gasteiger partial charge in [-0.05, 0) is 30.3 Å². The molecule has 0 fully saturated rings. The van der Waals surface area contributed by atoms with E-state index in [1.807, 2.05) is 0 Å². The summed E-state index contributed by atoms with van der Waals surface area (Å²) in [6.07, 6.45) is 0. The molecule has 0 unspecified atom stereocenters. The van der Waals surface area contributed by atoms with Crippen LogP contribution >= 0.6 is 0 Å². The second kappa shape index (κ2) is 5.40. The predicted octanol–water partition coefficient (Wildman–Crippen LogP) is 2.73. The molecule has 0 aliphatic carbocycles. The molecule has 2 N–H and O–H groups in total. The lowest BCUT2D eigenvalue weighted by molar-refractivity contribution is 0.0601. The Bertz CT molecular complexity index is 854. The first-order chi connectivity index (χ1) is 10.6. The van der Waals surface area contributed by atoms with Gasteiger partial charge in [-0.1, -0.05) is 0 Å². The van der Waals surface area contributed by atoms with Crippen molar-refractivity contribution >= 4 is 17.0 Å². The number of phenolic OH excluding ortho intramolecular Hbond substituents is 1. The summed E-state index contributed by atoms with van der Waals surface area (Å²) in [7, 11) is 2.86. The third-order valence-electron chi connectivity index (χ3n) is 3.34. The van der Waals surface area contributed by atoms with E-state index in [0.29, 0.717) is 22.7 Å². The Morgan fingerprint density at radius 1 is 1.18 bits per heavy atom. The van der Waals surface area contributed by atoms with E-state index in [-0.39, 0.29) is 5.75 Å². The number of aromatic hydroxyl groups is 1. The summed E-state index contributed by atoms with van der Waals surface area (Å²) in [4.78, 5) is 19.2. The van der Waals surface area contributed by atoms with E-state index < -0.39 is 5.97 Å². The van der Waals surface area contributed by atoms with E-state index in [1.54, 1.807) is 30.3 Å². The predicted molar refractivity (Wildman–Crippen MR) is 81.1 cm³/mol. The molecule has 3 aromatic rings. The van der Waals surface area contributed by atoms with Crippen LogP contribution in [0, 0.1) is 0 Å². The summed E-state index contributed by atoms with van der Waals surface area (Å²) in [5.74, 6) is 0.805. The number of methoxy groups -OCH3 is 2. The van der Waals surface area contributed by atoms with E-state index in [2.05, 4.69) is 9.97 Å². The van der Waals surface area contributed by atoms with Crippen molar-refractivity contribution < 1.29 is 19.4 Å². The highest BCUT2D eigenvalue weighted by atomic mass is 16.5. The lowest BCUT2D eigenvalue weighted by Crippen LogP contribution is -2.00. The van der Waals surface area contributed by atoms with Crippen LogP contribution < -0.4 is 4.74 Å². The monoisotopic (exact) mass is 298 g/mol. The minimum absolute atomic E-state index is 0.115. The first kappa shape index (κ1) is 13.9. The normalized spacial score (nSPS) is 10.6. The van der Waals surface area contributed by atoms with Crippen molar-refractivity contribution in [2.45, 2.75) is 0 Å². The quantitative estimate of drug-likeness (QED) is 0.726. The highest BCUT2D eigenvalue weighted by molar-refractivity contribution is 5.94. The smallest absolute Gasteiger partial charge is 0.337 e. The van der Waals surface area contributed by atoms with Crippen molar-refractivity contribution in [2.75, 3.05) is 14.2 Å². The number of benzene rings is 2. The zero-order chi connectivity index (χ0) is 15.7. The molecule has 0 spiro atoms. The number of nitrogens with zero attached hydrogens (tertiary/aromatic N) is 1. The first-order valence-electron chi connectivity index (χ1n) is 6.58. The molecular weight excluding hydrogens is 284 g/mol. The Hall–Kier alpha value is -3.02. The minimum Gasteiger partial charge on any atom is -0.508 e. The van der Waals surface area contributed by atoms with Crippen molar-refractivity contribution in [3.05, 3.63) is 42.0 Å². The fraction of sp³-hybridized carbons (Fsp3) is 0.125. The number of carbonyl (C=O) groups is 1. The van der Waals surface area contributed by atoms with Gasteiger partial charge in [0.15, 0.2) is 0 Å². The molecule has 0 radical (unpaired) electrons. The van der Waals surface area contributed by atoms with Crippen molar-refractivity contribution in [1.29, 1.82) is 0 Å². The summed E-state index contributed by atoms with van der Waals surface area (Å²) < 4.78 is 9.96. The second-order valence-electron chi connectivity index (χ2n) is 4.69. The third-order valence-corrected chi connectivity index (χ3v) is 3.34. The number of hydrogen-bond donors (Lipinski definition) is 2. The van der Waals surface area contributed by atoms with Gasteiger partial charge in [-0.3, -0.25) is 0 Å². The Balaban J connectivity index is 2.11. The molecule has 0 bridgehead atoms. The summed E-state index contributed by atoms with van der Waals surface area (Å²) >= 11 is 0. The summed E-state index contributed by atoms with van der Waals surface area (Å²) in [5.41, 5.74) is 2.59. The van der Waals surface area contributed by atoms with E-state index in [9.17, 15) is 9.90 Å². The van der Waals surface area contributed by atoms with Crippen molar-refractivity contribution in [3.63, 3.8) is 0 Å². The van der Waals surface area contributed by atoms with Crippen LogP contribution in [-0.2, 0) is 4.74 Å². The van der Waals surface area contributed by atoms with Crippen LogP contribution in [0.4, 0.5) is 0 Å². The number of ether oxygens (including phenoxy) is 2. The number of aromatic amines is 1. The SMILES string of the molecule is COC(=O)c1ccc2[nH]c(-c3ccc(O)cc3OC)nc2c1. The molecule has 3 rings (SSSR count). The average molecular weight is 298 g/mol. The largest absolute Gasteiger partial charge is 0.508 e. The minimum atomic E-state index is -0.409. The Morgan fingerprint density at radius 3 is 2.73 bits per heavy atom. The highest BCUT2D eigenvalue weighted by Gasteiger charge is 2.13. The molecule has 0 amide bonds. The highest BCUT2D eigenvalue weighted by Crippen LogP contribution is 2.32. The van der Waals surface area contributed by atoms with E-state index >= 15 is 0 Å². The summed E-state index contributed by atoms with van der Waals surface area (Å²) in [6.45, 7) is 0. The number of hydrogen-bond acceptors (Lipinski definition) is 5. The van der Waals surface area contributed by atoms with Gasteiger partial charge in [0, 0.05) is 6.07 Å². The topological polar surface area (TPSA) is 84.4 Å². The summed E-state index contributed by atoms with van der Waals surface area (Å²) in [6, 6.07) is 9.89. The molecule has 22 heavy (non-hydrogen) atoms. The van der Waals surface area contributed by atoms with Crippen LogP contribution in [0.1, 0.15) is 10.4 Å². The molecule has 0 aliphatic rings. The van der Waals surface area contributed by atoms with Gasteiger partial charge in [0.1, 0.15) is 17.3 Å². The molecule has 2 aromatic carbocycles. The Kier molecular flexibility index (Phi) is 3.42. The number of aromatic nitrogens is 2.